The van der Waals surface area contributed by atoms with Gasteiger partial charge in [0, 0.05) is 11.8 Å². The zero-order valence-corrected chi connectivity index (χ0v) is 9.76. The molecular weight excluding hydrogens is 252 g/mol. The normalized spacial score (nSPS) is 43.2. The summed E-state index contributed by atoms with van der Waals surface area (Å²) in [7, 11) is 0. The summed E-state index contributed by atoms with van der Waals surface area (Å²) < 4.78 is 7.25. The Morgan fingerprint density at radius 1 is 1.42 bits per heavy atom. The fraction of sp³-hybridized carbons (Fsp3) is 0.545. The molecule has 0 spiro atoms. The highest BCUT2D eigenvalue weighted by atomic mass is 16.3. The summed E-state index contributed by atoms with van der Waals surface area (Å²) in [5.41, 5.74) is 0.883. The Bertz CT molecular complexity index is 533. The number of aliphatic imine (C=N–C) groups is 2. The first-order valence-electron chi connectivity index (χ1n) is 6.41. The van der Waals surface area contributed by atoms with Gasteiger partial charge in [0.05, 0.1) is 38.2 Å². The fourth-order valence-electron chi connectivity index (χ4n) is 2.49. The van der Waals surface area contributed by atoms with Crippen LogP contribution < -0.4 is 10.6 Å². The third kappa shape index (κ3) is 1.80. The van der Waals surface area contributed by atoms with Gasteiger partial charge in [0.15, 0.2) is 6.04 Å². The summed E-state index contributed by atoms with van der Waals surface area (Å²) in [6, 6.07) is -2.46. The first-order valence-corrected chi connectivity index (χ1v) is 5.83. The number of hydrogen-bond acceptors (Lipinski definition) is 7. The van der Waals surface area contributed by atoms with Crippen LogP contribution in [0.15, 0.2) is 21.3 Å². The third-order valence-corrected chi connectivity index (χ3v) is 3.50. The van der Waals surface area contributed by atoms with Crippen molar-refractivity contribution in [1.29, 1.82) is 0 Å². The predicted molar refractivity (Wildman–Crippen MR) is 65.8 cm³/mol. The molecule has 3 rings (SSSR count). The van der Waals surface area contributed by atoms with E-state index in [0.717, 1.165) is 0 Å². The van der Waals surface area contributed by atoms with Crippen LogP contribution in [-0.4, -0.2) is 70.7 Å². The summed E-state index contributed by atoms with van der Waals surface area (Å²) in [5, 5.41) is 34.4. The quantitative estimate of drug-likeness (QED) is 0.363. The molecule has 5 N–H and O–H groups in total. The van der Waals surface area contributed by atoms with Crippen molar-refractivity contribution in [3.8, 4) is 0 Å². The van der Waals surface area contributed by atoms with E-state index in [1.807, 2.05) is 0 Å². The molecule has 8 nitrogen and oxygen atoms in total. The van der Waals surface area contributed by atoms with E-state index >= 15 is 0 Å². The molecule has 0 aromatic heterocycles. The molecule has 0 saturated carbocycles. The number of aliphatic hydroxyl groups excluding tert-OH is 3. The highest BCUT2D eigenvalue weighted by molar-refractivity contribution is 6.02. The van der Waals surface area contributed by atoms with Crippen LogP contribution >= 0.6 is 0 Å². The zero-order chi connectivity index (χ0) is 14.4. The van der Waals surface area contributed by atoms with Gasteiger partial charge in [-0.2, -0.15) is 0 Å². The lowest BCUT2D eigenvalue weighted by molar-refractivity contribution is -0.120. The molecule has 0 aromatic carbocycles. The van der Waals surface area contributed by atoms with Gasteiger partial charge in [-0.3, -0.25) is 9.79 Å². The Labute approximate surface area is 110 Å². The monoisotopic (exact) mass is 268 g/mol. The van der Waals surface area contributed by atoms with Crippen molar-refractivity contribution in [2.24, 2.45) is 9.98 Å². The van der Waals surface area contributed by atoms with E-state index in [9.17, 15) is 20.1 Å². The average molecular weight is 268 g/mol. The van der Waals surface area contributed by atoms with Crippen molar-refractivity contribution < 1.29 is 21.5 Å². The largest absolute Gasteiger partial charge is 0.395 e. The van der Waals surface area contributed by atoms with E-state index in [4.69, 9.17) is 1.37 Å². The number of nitrogens with zero attached hydrogens (tertiary/aromatic N) is 2. The van der Waals surface area contributed by atoms with Crippen LogP contribution in [0, 0.1) is 0 Å². The molecule has 0 bridgehead atoms. The summed E-state index contributed by atoms with van der Waals surface area (Å²) >= 11 is 0. The highest BCUT2D eigenvalue weighted by Crippen LogP contribution is 2.28. The first kappa shape index (κ1) is 11.2. The lowest BCUT2D eigenvalue weighted by Crippen LogP contribution is -2.39. The van der Waals surface area contributed by atoms with Gasteiger partial charge >= 0.3 is 0 Å². The lowest BCUT2D eigenvalue weighted by atomic mass is 9.99. The number of fused-ring (bicyclic) bond motifs is 1. The molecule has 8 heteroatoms. The van der Waals surface area contributed by atoms with E-state index in [2.05, 4.69) is 20.6 Å². The molecule has 0 aliphatic carbocycles. The van der Waals surface area contributed by atoms with Crippen LogP contribution in [0.4, 0.5) is 0 Å². The summed E-state index contributed by atoms with van der Waals surface area (Å²) in [5.74, 6) is -0.314. The van der Waals surface area contributed by atoms with Gasteiger partial charge in [0.25, 0.3) is 5.91 Å². The van der Waals surface area contributed by atoms with Crippen molar-refractivity contribution >= 4 is 18.5 Å². The van der Waals surface area contributed by atoms with Crippen molar-refractivity contribution in [1.82, 2.24) is 10.6 Å². The molecule has 102 valence electrons. The molecule has 3 aliphatic rings. The standard InChI is InChI=1S/C11H14N4O4/c16-2-5-9(17)10(18)7(15-5)4-1-12-8-6(4)13-3-14-11(8)19/h1,3,5,7-10,15-18H,2H2,(H,13,14,19)/t5-,7+,8?,9-,10+/m1/s1/i2T/t2?,5-,7+,8?,9-,10+. The Hall–Kier alpha value is -1.61. The number of hydrogen-bond donors (Lipinski definition) is 5. The zero-order valence-electron chi connectivity index (χ0n) is 10.8. The maximum absolute atomic E-state index is 11.6. The van der Waals surface area contributed by atoms with Crippen LogP contribution in [0.5, 0.6) is 0 Å². The second-order valence-corrected chi connectivity index (χ2v) is 4.59. The molecule has 3 heterocycles. The van der Waals surface area contributed by atoms with Gasteiger partial charge < -0.3 is 26.0 Å². The molecule has 3 aliphatic heterocycles. The maximum atomic E-state index is 11.6. The minimum Gasteiger partial charge on any atom is -0.395 e. The van der Waals surface area contributed by atoms with Gasteiger partial charge in [0.1, 0.15) is 6.10 Å². The van der Waals surface area contributed by atoms with Gasteiger partial charge in [0.2, 0.25) is 0 Å². The van der Waals surface area contributed by atoms with Gasteiger partial charge in [-0.25, -0.2) is 4.99 Å². The minimum absolute atomic E-state index is 0.314. The van der Waals surface area contributed by atoms with Gasteiger partial charge in [-0.15, -0.1) is 0 Å². The third-order valence-electron chi connectivity index (χ3n) is 3.50. The van der Waals surface area contributed by atoms with Crippen LogP contribution in [-0.2, 0) is 4.79 Å². The number of amides is 1. The molecule has 0 aromatic rings. The number of nitrogens with one attached hydrogen (secondary N) is 2. The fourth-order valence-corrected chi connectivity index (χ4v) is 2.49. The van der Waals surface area contributed by atoms with E-state index in [1.165, 1.54) is 12.6 Å². The van der Waals surface area contributed by atoms with E-state index < -0.39 is 36.9 Å². The molecule has 1 amide bonds. The lowest BCUT2D eigenvalue weighted by Gasteiger charge is -2.19. The number of rotatable bonds is 2. The van der Waals surface area contributed by atoms with Crippen LogP contribution in [0.1, 0.15) is 1.37 Å². The molecule has 1 saturated heterocycles. The topological polar surface area (TPSA) is 127 Å². The van der Waals surface area contributed by atoms with Gasteiger partial charge in [-0.05, 0) is 0 Å². The molecule has 19 heavy (non-hydrogen) atoms. The van der Waals surface area contributed by atoms with Crippen molar-refractivity contribution in [3.63, 3.8) is 0 Å². The van der Waals surface area contributed by atoms with Crippen LogP contribution in [0.2, 0.25) is 0 Å². The van der Waals surface area contributed by atoms with Crippen LogP contribution in [0.3, 0.4) is 0 Å². The molecule has 2 unspecified atom stereocenters. The molecule has 6 atom stereocenters. The second kappa shape index (κ2) is 4.49. The minimum atomic E-state index is -1.57. The second-order valence-electron chi connectivity index (χ2n) is 4.59. The number of aliphatic hydroxyl groups is 3. The van der Waals surface area contributed by atoms with Crippen molar-refractivity contribution in [2.75, 3.05) is 6.58 Å². The van der Waals surface area contributed by atoms with Crippen LogP contribution in [0.25, 0.3) is 0 Å². The molecule has 1 fully saturated rings. The van der Waals surface area contributed by atoms with E-state index in [-0.39, 0.29) is 5.91 Å². The number of carbonyl (C=O) groups excluding carboxylic acids is 1. The SMILES string of the molecule is [3H]C(O)[C@H]1N[C@@H](C2=C3N=CNC(=O)C3N=C2)[C@H](O)[C@@H]1O. The van der Waals surface area contributed by atoms with E-state index in [1.54, 1.807) is 0 Å². The van der Waals surface area contributed by atoms with Gasteiger partial charge in [-0.1, -0.05) is 0 Å². The first-order chi connectivity index (χ1) is 9.50. The van der Waals surface area contributed by atoms with Crippen molar-refractivity contribution in [3.05, 3.63) is 11.3 Å². The highest BCUT2D eigenvalue weighted by Gasteiger charge is 2.45. The summed E-state index contributed by atoms with van der Waals surface area (Å²) in [6.45, 7) is -1.57. The average Bonchev–Trinajstić information content (AvgIpc) is 2.94. The summed E-state index contributed by atoms with van der Waals surface area (Å²) in [6.07, 6.45) is 0.175. The molecule has 0 radical (unpaired) electrons. The molecular formula is C11H14N4O4. The smallest absolute Gasteiger partial charge is 0.256 e. The van der Waals surface area contributed by atoms with E-state index in [0.29, 0.717) is 11.3 Å². The Morgan fingerprint density at radius 2 is 2.21 bits per heavy atom. The Kier molecular flexibility index (Phi) is 2.66. The summed E-state index contributed by atoms with van der Waals surface area (Å²) in [4.78, 5) is 19.7. The number of carbonyl (C=O) groups is 1. The predicted octanol–water partition coefficient (Wildman–Crippen LogP) is -3.09. The van der Waals surface area contributed by atoms with Crippen molar-refractivity contribution in [2.45, 2.75) is 30.3 Å². The Morgan fingerprint density at radius 3 is 2.89 bits per heavy atom. The Balaban J connectivity index is 1.92. The maximum Gasteiger partial charge on any atom is 0.256 e.